The molecule has 3 unspecified atom stereocenters. The van der Waals surface area contributed by atoms with Gasteiger partial charge in [-0.25, -0.2) is 0 Å². The zero-order valence-corrected chi connectivity index (χ0v) is 13.5. The Morgan fingerprint density at radius 1 is 1.32 bits per heavy atom. The van der Waals surface area contributed by atoms with E-state index in [0.29, 0.717) is 0 Å². The van der Waals surface area contributed by atoms with Crippen molar-refractivity contribution in [2.45, 2.75) is 63.6 Å². The van der Waals surface area contributed by atoms with E-state index in [1.807, 2.05) is 24.3 Å². The van der Waals surface area contributed by atoms with Crippen molar-refractivity contribution in [2.24, 2.45) is 11.7 Å². The molecule has 3 rings (SSSR count). The second-order valence-electron chi connectivity index (χ2n) is 7.29. The summed E-state index contributed by atoms with van der Waals surface area (Å²) in [5.74, 6) is 1.08. The molecular formula is C18H26N2O2. The lowest BCUT2D eigenvalue weighted by molar-refractivity contribution is -0.127. The zero-order chi connectivity index (χ0) is 15.7. The van der Waals surface area contributed by atoms with Crippen LogP contribution in [0, 0.1) is 5.92 Å². The van der Waals surface area contributed by atoms with E-state index >= 15 is 0 Å². The van der Waals surface area contributed by atoms with E-state index in [1.54, 1.807) is 0 Å². The Morgan fingerprint density at radius 3 is 2.86 bits per heavy atom. The van der Waals surface area contributed by atoms with Gasteiger partial charge < -0.3 is 15.8 Å². The van der Waals surface area contributed by atoms with Crippen LogP contribution >= 0.6 is 0 Å². The lowest BCUT2D eigenvalue weighted by Crippen LogP contribution is -2.44. The monoisotopic (exact) mass is 302 g/mol. The zero-order valence-electron chi connectivity index (χ0n) is 13.5. The highest BCUT2D eigenvalue weighted by molar-refractivity contribution is 5.79. The van der Waals surface area contributed by atoms with E-state index in [-0.39, 0.29) is 29.5 Å². The van der Waals surface area contributed by atoms with Crippen molar-refractivity contribution in [3.63, 3.8) is 0 Å². The number of fused-ring (bicyclic) bond motifs is 1. The van der Waals surface area contributed by atoms with Crippen LogP contribution < -0.4 is 15.8 Å². The highest BCUT2D eigenvalue weighted by Crippen LogP contribution is 2.39. The average molecular weight is 302 g/mol. The number of amides is 1. The van der Waals surface area contributed by atoms with Gasteiger partial charge in [-0.2, -0.15) is 0 Å². The fourth-order valence-corrected chi connectivity index (χ4v) is 3.69. The third-order valence-corrected chi connectivity index (χ3v) is 4.78. The van der Waals surface area contributed by atoms with Crippen LogP contribution in [0.2, 0.25) is 0 Å². The molecule has 1 saturated carbocycles. The Hall–Kier alpha value is -1.55. The Labute approximate surface area is 132 Å². The summed E-state index contributed by atoms with van der Waals surface area (Å²) in [4.78, 5) is 12.6. The first-order chi connectivity index (χ1) is 10.4. The fourth-order valence-electron chi connectivity index (χ4n) is 3.69. The summed E-state index contributed by atoms with van der Waals surface area (Å²) in [7, 11) is 0. The molecule has 0 aromatic heterocycles. The normalized spacial score (nSPS) is 30.0. The van der Waals surface area contributed by atoms with Crippen molar-refractivity contribution in [1.29, 1.82) is 0 Å². The van der Waals surface area contributed by atoms with E-state index in [4.69, 9.17) is 10.5 Å². The first-order valence-electron chi connectivity index (χ1n) is 8.28. The molecule has 1 heterocycles. The summed E-state index contributed by atoms with van der Waals surface area (Å²) in [6.45, 7) is 4.14. The van der Waals surface area contributed by atoms with Gasteiger partial charge in [-0.3, -0.25) is 4.79 Å². The highest BCUT2D eigenvalue weighted by Gasteiger charge is 2.35. The van der Waals surface area contributed by atoms with Crippen LogP contribution in [0.15, 0.2) is 24.3 Å². The Morgan fingerprint density at radius 2 is 2.09 bits per heavy atom. The molecule has 120 valence electrons. The summed E-state index contributed by atoms with van der Waals surface area (Å²) in [6, 6.07) is 8.18. The van der Waals surface area contributed by atoms with Crippen LogP contribution in [0.25, 0.3) is 0 Å². The second kappa shape index (κ2) is 5.92. The minimum Gasteiger partial charge on any atom is -0.487 e. The fraction of sp³-hybridized carbons (Fsp3) is 0.611. The predicted octanol–water partition coefficient (Wildman–Crippen LogP) is 2.92. The molecule has 1 aliphatic carbocycles. The van der Waals surface area contributed by atoms with Gasteiger partial charge in [0.15, 0.2) is 0 Å². The van der Waals surface area contributed by atoms with Gasteiger partial charge in [0.2, 0.25) is 5.91 Å². The minimum atomic E-state index is -0.269. The van der Waals surface area contributed by atoms with E-state index in [0.717, 1.165) is 43.4 Å². The number of benzene rings is 1. The largest absolute Gasteiger partial charge is 0.487 e. The topological polar surface area (TPSA) is 64.4 Å². The number of nitrogens with one attached hydrogen (secondary N) is 1. The Kier molecular flexibility index (Phi) is 4.13. The van der Waals surface area contributed by atoms with Crippen LogP contribution in [0.4, 0.5) is 0 Å². The van der Waals surface area contributed by atoms with E-state index in [1.165, 1.54) is 0 Å². The van der Waals surface area contributed by atoms with Crippen molar-refractivity contribution < 1.29 is 9.53 Å². The highest BCUT2D eigenvalue weighted by atomic mass is 16.5. The average Bonchev–Trinajstić information content (AvgIpc) is 2.46. The quantitative estimate of drug-likeness (QED) is 0.883. The molecular weight excluding hydrogens is 276 g/mol. The van der Waals surface area contributed by atoms with E-state index in [2.05, 4.69) is 19.2 Å². The third kappa shape index (κ3) is 3.27. The van der Waals surface area contributed by atoms with Gasteiger partial charge in [0.1, 0.15) is 11.4 Å². The second-order valence-corrected chi connectivity index (χ2v) is 7.29. The van der Waals surface area contributed by atoms with Gasteiger partial charge >= 0.3 is 0 Å². The number of ether oxygens (including phenoxy) is 1. The summed E-state index contributed by atoms with van der Waals surface area (Å²) in [5.41, 5.74) is 6.83. The number of nitrogens with two attached hydrogens (primary N) is 1. The summed E-state index contributed by atoms with van der Waals surface area (Å²) in [6.07, 6.45) is 4.63. The molecule has 0 spiro atoms. The van der Waals surface area contributed by atoms with Crippen LogP contribution in [0.1, 0.15) is 57.6 Å². The van der Waals surface area contributed by atoms with Gasteiger partial charge in [-0.05, 0) is 39.2 Å². The molecule has 4 nitrogen and oxygen atoms in total. The number of hydrogen-bond donors (Lipinski definition) is 2. The van der Waals surface area contributed by atoms with Crippen LogP contribution in [-0.4, -0.2) is 17.6 Å². The predicted molar refractivity (Wildman–Crippen MR) is 86.6 cm³/mol. The van der Waals surface area contributed by atoms with Gasteiger partial charge in [-0.15, -0.1) is 0 Å². The number of rotatable bonds is 2. The maximum Gasteiger partial charge on any atom is 0.223 e. The van der Waals surface area contributed by atoms with Gasteiger partial charge in [0, 0.05) is 23.9 Å². The first-order valence-corrected chi connectivity index (χ1v) is 8.28. The maximum atomic E-state index is 12.6. The molecule has 0 bridgehead atoms. The smallest absolute Gasteiger partial charge is 0.223 e. The number of carbonyl (C=O) groups is 1. The standard InChI is InChI=1S/C18H26N2O2/c1-18(2)11-15(14-8-3-4-9-16(14)22-18)20-17(21)12-6-5-7-13(19)10-12/h3-4,8-9,12-13,15H,5-7,10-11,19H2,1-2H3,(H,20,21). The minimum absolute atomic E-state index is 0.0191. The molecule has 1 aromatic carbocycles. The lowest BCUT2D eigenvalue weighted by Gasteiger charge is -2.38. The van der Waals surface area contributed by atoms with Crippen LogP contribution in [0.5, 0.6) is 5.75 Å². The van der Waals surface area contributed by atoms with Crippen molar-refractivity contribution in [3.8, 4) is 5.75 Å². The molecule has 3 atom stereocenters. The first kappa shape index (κ1) is 15.3. The van der Waals surface area contributed by atoms with Crippen molar-refractivity contribution in [3.05, 3.63) is 29.8 Å². The van der Waals surface area contributed by atoms with Crippen LogP contribution in [0.3, 0.4) is 0 Å². The molecule has 0 saturated heterocycles. The number of carbonyl (C=O) groups excluding carboxylic acids is 1. The molecule has 1 aromatic rings. The van der Waals surface area contributed by atoms with Crippen LogP contribution in [-0.2, 0) is 4.79 Å². The van der Waals surface area contributed by atoms with Crippen molar-refractivity contribution >= 4 is 5.91 Å². The van der Waals surface area contributed by atoms with E-state index in [9.17, 15) is 4.79 Å². The van der Waals surface area contributed by atoms with Crippen molar-refractivity contribution in [1.82, 2.24) is 5.32 Å². The molecule has 1 amide bonds. The van der Waals surface area contributed by atoms with Gasteiger partial charge in [0.25, 0.3) is 0 Å². The molecule has 22 heavy (non-hydrogen) atoms. The summed E-state index contributed by atoms with van der Waals surface area (Å²) >= 11 is 0. The molecule has 0 radical (unpaired) electrons. The van der Waals surface area contributed by atoms with E-state index < -0.39 is 0 Å². The summed E-state index contributed by atoms with van der Waals surface area (Å²) in [5, 5.41) is 3.25. The lowest BCUT2D eigenvalue weighted by atomic mass is 9.84. The number of hydrogen-bond acceptors (Lipinski definition) is 3. The molecule has 3 N–H and O–H groups in total. The SMILES string of the molecule is CC1(C)CC(NC(=O)C2CCCC(N)C2)c2ccccc2O1. The Balaban J connectivity index is 1.75. The third-order valence-electron chi connectivity index (χ3n) is 4.78. The molecule has 2 aliphatic rings. The molecule has 1 fully saturated rings. The molecule has 4 heteroatoms. The number of para-hydroxylation sites is 1. The Bertz CT molecular complexity index is 556. The van der Waals surface area contributed by atoms with Crippen molar-refractivity contribution in [2.75, 3.05) is 0 Å². The van der Waals surface area contributed by atoms with Gasteiger partial charge in [0.05, 0.1) is 6.04 Å². The van der Waals surface area contributed by atoms with Gasteiger partial charge in [-0.1, -0.05) is 24.6 Å². The maximum absolute atomic E-state index is 12.6. The summed E-state index contributed by atoms with van der Waals surface area (Å²) < 4.78 is 6.02. The molecule has 1 aliphatic heterocycles.